The van der Waals surface area contributed by atoms with Crippen molar-refractivity contribution >= 4 is 5.97 Å². The van der Waals surface area contributed by atoms with Crippen molar-refractivity contribution in [3.8, 4) is 11.5 Å². The fraction of sp³-hybridized carbons (Fsp3) is 0.235. The highest BCUT2D eigenvalue weighted by Crippen LogP contribution is 2.23. The van der Waals surface area contributed by atoms with E-state index in [2.05, 4.69) is 0 Å². The van der Waals surface area contributed by atoms with Gasteiger partial charge in [-0.15, -0.1) is 0 Å². The van der Waals surface area contributed by atoms with Crippen LogP contribution in [0.25, 0.3) is 0 Å². The summed E-state index contributed by atoms with van der Waals surface area (Å²) in [5.41, 5.74) is 6.62. The van der Waals surface area contributed by atoms with Crippen molar-refractivity contribution in [2.45, 2.75) is 6.42 Å². The first-order valence-electron chi connectivity index (χ1n) is 6.82. The molecule has 2 aromatic rings. The van der Waals surface area contributed by atoms with E-state index in [1.54, 1.807) is 0 Å². The molecule has 0 saturated heterocycles. The Balaban J connectivity index is 2.08. The predicted octanol–water partition coefficient (Wildman–Crippen LogP) is 2.77. The summed E-state index contributed by atoms with van der Waals surface area (Å²) >= 11 is 0. The molecule has 0 saturated carbocycles. The number of ether oxygens (including phenoxy) is 2. The van der Waals surface area contributed by atoms with Gasteiger partial charge in [-0.1, -0.05) is 30.3 Å². The zero-order valence-corrected chi connectivity index (χ0v) is 12.0. The third-order valence-corrected chi connectivity index (χ3v) is 3.18. The molecule has 0 bridgehead atoms. The summed E-state index contributed by atoms with van der Waals surface area (Å²) in [7, 11) is 1.37. The number of methoxy groups -OCH3 is 1. The highest BCUT2D eigenvalue weighted by molar-refractivity contribution is 5.72. The molecule has 1 unspecified atom stereocenters. The summed E-state index contributed by atoms with van der Waals surface area (Å²) in [5.74, 6) is 0.895. The van der Waals surface area contributed by atoms with Gasteiger partial charge in [0.1, 0.15) is 11.5 Å². The summed E-state index contributed by atoms with van der Waals surface area (Å²) < 4.78 is 10.5. The van der Waals surface area contributed by atoms with E-state index >= 15 is 0 Å². The van der Waals surface area contributed by atoms with Crippen LogP contribution in [-0.4, -0.2) is 19.6 Å². The number of hydrogen-bond donors (Lipinski definition) is 1. The maximum Gasteiger partial charge on any atom is 0.310 e. The van der Waals surface area contributed by atoms with Crippen LogP contribution < -0.4 is 10.5 Å². The van der Waals surface area contributed by atoms with E-state index in [0.29, 0.717) is 6.42 Å². The second-order valence-corrected chi connectivity index (χ2v) is 4.72. The molecule has 0 aliphatic carbocycles. The molecule has 2 rings (SSSR count). The highest BCUT2D eigenvalue weighted by Gasteiger charge is 2.18. The number of rotatable bonds is 6. The van der Waals surface area contributed by atoms with Gasteiger partial charge in [-0.05, 0) is 36.2 Å². The monoisotopic (exact) mass is 285 g/mol. The maximum absolute atomic E-state index is 11.6. The van der Waals surface area contributed by atoms with Crippen LogP contribution in [0.2, 0.25) is 0 Å². The Morgan fingerprint density at radius 2 is 1.81 bits per heavy atom. The molecule has 0 aliphatic heterocycles. The quantitative estimate of drug-likeness (QED) is 0.829. The van der Waals surface area contributed by atoms with Gasteiger partial charge >= 0.3 is 5.97 Å². The highest BCUT2D eigenvalue weighted by atomic mass is 16.5. The molecule has 2 N–H and O–H groups in total. The summed E-state index contributed by atoms with van der Waals surface area (Å²) in [6.45, 7) is 0.260. The van der Waals surface area contributed by atoms with Gasteiger partial charge in [0, 0.05) is 6.54 Å². The van der Waals surface area contributed by atoms with Crippen LogP contribution in [-0.2, 0) is 16.0 Å². The Labute approximate surface area is 124 Å². The van der Waals surface area contributed by atoms with Crippen molar-refractivity contribution in [1.82, 2.24) is 0 Å². The zero-order valence-electron chi connectivity index (χ0n) is 12.0. The smallest absolute Gasteiger partial charge is 0.310 e. The normalized spacial score (nSPS) is 11.7. The number of para-hydroxylation sites is 1. The van der Waals surface area contributed by atoms with Gasteiger partial charge in [0.25, 0.3) is 0 Å². The number of carbonyl (C=O) groups is 1. The fourth-order valence-corrected chi connectivity index (χ4v) is 2.07. The van der Waals surface area contributed by atoms with E-state index < -0.39 is 0 Å². The molecule has 0 aliphatic rings. The fourth-order valence-electron chi connectivity index (χ4n) is 2.07. The molecule has 0 fully saturated rings. The van der Waals surface area contributed by atoms with Crippen LogP contribution in [0, 0.1) is 5.92 Å². The molecular formula is C17H19NO3. The van der Waals surface area contributed by atoms with Crippen molar-refractivity contribution in [3.63, 3.8) is 0 Å². The Morgan fingerprint density at radius 3 is 2.48 bits per heavy atom. The van der Waals surface area contributed by atoms with Gasteiger partial charge in [-0.25, -0.2) is 0 Å². The molecule has 110 valence electrons. The Hall–Kier alpha value is -2.33. The molecule has 0 amide bonds. The number of nitrogens with two attached hydrogens (primary N) is 1. The largest absolute Gasteiger partial charge is 0.469 e. The Morgan fingerprint density at radius 1 is 1.10 bits per heavy atom. The van der Waals surface area contributed by atoms with Crippen molar-refractivity contribution in [2.24, 2.45) is 11.7 Å². The van der Waals surface area contributed by atoms with E-state index in [1.165, 1.54) is 7.11 Å². The Bertz CT molecular complexity index is 584. The van der Waals surface area contributed by atoms with Gasteiger partial charge in [0.05, 0.1) is 13.0 Å². The van der Waals surface area contributed by atoms with Crippen LogP contribution in [0.15, 0.2) is 54.6 Å². The van der Waals surface area contributed by atoms with Crippen LogP contribution in [0.5, 0.6) is 11.5 Å². The van der Waals surface area contributed by atoms with Crippen molar-refractivity contribution in [1.29, 1.82) is 0 Å². The minimum absolute atomic E-state index is 0.260. The second-order valence-electron chi connectivity index (χ2n) is 4.72. The zero-order chi connectivity index (χ0) is 15.1. The van der Waals surface area contributed by atoms with E-state index in [9.17, 15) is 4.79 Å². The molecular weight excluding hydrogens is 266 g/mol. The summed E-state index contributed by atoms with van der Waals surface area (Å²) in [4.78, 5) is 11.6. The summed E-state index contributed by atoms with van der Waals surface area (Å²) in [6, 6.07) is 17.2. The number of esters is 1. The first-order valence-corrected chi connectivity index (χ1v) is 6.82. The predicted molar refractivity (Wildman–Crippen MR) is 81.2 cm³/mol. The van der Waals surface area contributed by atoms with Crippen LogP contribution >= 0.6 is 0 Å². The van der Waals surface area contributed by atoms with Crippen LogP contribution in [0.1, 0.15) is 5.56 Å². The first kappa shape index (κ1) is 15.1. The minimum atomic E-state index is -0.332. The third-order valence-electron chi connectivity index (χ3n) is 3.18. The van der Waals surface area contributed by atoms with Crippen molar-refractivity contribution in [3.05, 3.63) is 60.2 Å². The standard InChI is InChI=1S/C17H19NO3/c1-20-17(19)14(12-18)10-13-6-5-9-16(11-13)21-15-7-3-2-4-8-15/h2-9,11,14H,10,12,18H2,1H3. The van der Waals surface area contributed by atoms with E-state index in [1.807, 2.05) is 54.6 Å². The lowest BCUT2D eigenvalue weighted by atomic mass is 9.99. The average molecular weight is 285 g/mol. The van der Waals surface area contributed by atoms with E-state index in [4.69, 9.17) is 15.2 Å². The van der Waals surface area contributed by atoms with Gasteiger partial charge in [0.15, 0.2) is 0 Å². The number of hydrogen-bond acceptors (Lipinski definition) is 4. The summed E-state index contributed by atoms with van der Waals surface area (Å²) in [5, 5.41) is 0. The van der Waals surface area contributed by atoms with Crippen molar-refractivity contribution in [2.75, 3.05) is 13.7 Å². The van der Waals surface area contributed by atoms with Gasteiger partial charge in [-0.3, -0.25) is 4.79 Å². The van der Waals surface area contributed by atoms with Gasteiger partial charge in [0.2, 0.25) is 0 Å². The van der Waals surface area contributed by atoms with Crippen LogP contribution in [0.4, 0.5) is 0 Å². The third kappa shape index (κ3) is 4.33. The molecule has 21 heavy (non-hydrogen) atoms. The minimum Gasteiger partial charge on any atom is -0.469 e. The molecule has 2 aromatic carbocycles. The number of carbonyl (C=O) groups excluding carboxylic acids is 1. The first-order chi connectivity index (χ1) is 10.2. The Kier molecular flexibility index (Phi) is 5.35. The lowest BCUT2D eigenvalue weighted by molar-refractivity contribution is -0.145. The molecule has 0 aromatic heterocycles. The second kappa shape index (κ2) is 7.45. The topological polar surface area (TPSA) is 61.5 Å². The van der Waals surface area contributed by atoms with Crippen molar-refractivity contribution < 1.29 is 14.3 Å². The SMILES string of the molecule is COC(=O)C(CN)Cc1cccc(Oc2ccccc2)c1. The molecule has 0 heterocycles. The lowest BCUT2D eigenvalue weighted by Crippen LogP contribution is -2.26. The molecule has 4 heteroatoms. The maximum atomic E-state index is 11.6. The van der Waals surface area contributed by atoms with Gasteiger partial charge < -0.3 is 15.2 Å². The lowest BCUT2D eigenvalue weighted by Gasteiger charge is -2.13. The number of benzene rings is 2. The molecule has 4 nitrogen and oxygen atoms in total. The van der Waals surface area contributed by atoms with Gasteiger partial charge in [-0.2, -0.15) is 0 Å². The summed E-state index contributed by atoms with van der Waals surface area (Å²) in [6.07, 6.45) is 0.537. The van der Waals surface area contributed by atoms with E-state index in [0.717, 1.165) is 17.1 Å². The average Bonchev–Trinajstić information content (AvgIpc) is 2.53. The van der Waals surface area contributed by atoms with Crippen LogP contribution in [0.3, 0.4) is 0 Å². The molecule has 0 spiro atoms. The molecule has 1 atom stereocenters. The molecule has 0 radical (unpaired) electrons. The van der Waals surface area contributed by atoms with E-state index in [-0.39, 0.29) is 18.4 Å².